The monoisotopic (exact) mass is 250 g/mol. The molecule has 2 aliphatic rings. The first-order valence-corrected chi connectivity index (χ1v) is 6.00. The second kappa shape index (κ2) is 3.77. The molecule has 2 heterocycles. The summed E-state index contributed by atoms with van der Waals surface area (Å²) in [6.45, 7) is 0.792. The molecule has 3 nitrogen and oxygen atoms in total. The Kier molecular flexibility index (Phi) is 2.36. The lowest BCUT2D eigenvalue weighted by Gasteiger charge is -2.19. The minimum absolute atomic E-state index is 0.0994. The Bertz CT molecular complexity index is 483. The van der Waals surface area contributed by atoms with Crippen LogP contribution in [0.1, 0.15) is 12.8 Å². The van der Waals surface area contributed by atoms with E-state index in [9.17, 15) is 9.18 Å². The minimum Gasteiger partial charge on any atom is -0.336 e. The van der Waals surface area contributed by atoms with Gasteiger partial charge in [0, 0.05) is 6.54 Å². The van der Waals surface area contributed by atoms with E-state index in [0.29, 0.717) is 5.11 Å². The van der Waals surface area contributed by atoms with Gasteiger partial charge in [-0.05, 0) is 37.2 Å². The molecular weight excluding hydrogens is 239 g/mol. The first-order chi connectivity index (χ1) is 8.20. The molecule has 0 spiro atoms. The van der Waals surface area contributed by atoms with Gasteiger partial charge in [-0.25, -0.2) is 4.39 Å². The molecule has 0 bridgehead atoms. The zero-order valence-electron chi connectivity index (χ0n) is 9.10. The van der Waals surface area contributed by atoms with Gasteiger partial charge in [0.05, 0.1) is 5.69 Å². The lowest BCUT2D eigenvalue weighted by Crippen LogP contribution is -2.33. The van der Waals surface area contributed by atoms with Gasteiger partial charge < -0.3 is 4.90 Å². The highest BCUT2D eigenvalue weighted by Crippen LogP contribution is 2.32. The Hall–Kier alpha value is -1.49. The topological polar surface area (TPSA) is 23.6 Å². The zero-order valence-corrected chi connectivity index (χ0v) is 9.91. The van der Waals surface area contributed by atoms with E-state index in [1.807, 2.05) is 4.90 Å². The van der Waals surface area contributed by atoms with Crippen LogP contribution in [0.5, 0.6) is 0 Å². The minimum atomic E-state index is -0.413. The SMILES string of the molecule is O=C1C2CCCN2C(=S)N1c1ccccc1F. The summed E-state index contributed by atoms with van der Waals surface area (Å²) in [5, 5.41) is 0.433. The van der Waals surface area contributed by atoms with E-state index in [0.717, 1.165) is 19.4 Å². The summed E-state index contributed by atoms with van der Waals surface area (Å²) in [5.74, 6) is -0.512. The van der Waals surface area contributed by atoms with Gasteiger partial charge in [-0.2, -0.15) is 0 Å². The van der Waals surface area contributed by atoms with Crippen LogP contribution in [-0.2, 0) is 4.79 Å². The molecule has 0 aliphatic carbocycles. The highest BCUT2D eigenvalue weighted by Gasteiger charge is 2.45. The Morgan fingerprint density at radius 2 is 2.12 bits per heavy atom. The Labute approximate surface area is 104 Å². The molecule has 1 aromatic rings. The molecule has 1 amide bonds. The van der Waals surface area contributed by atoms with E-state index in [1.54, 1.807) is 18.2 Å². The number of fused-ring (bicyclic) bond motifs is 1. The summed E-state index contributed by atoms with van der Waals surface area (Å²) >= 11 is 5.26. The van der Waals surface area contributed by atoms with Crippen LogP contribution in [-0.4, -0.2) is 28.5 Å². The summed E-state index contributed by atoms with van der Waals surface area (Å²) in [6.07, 6.45) is 1.78. The number of anilines is 1. The first-order valence-electron chi connectivity index (χ1n) is 5.59. The molecule has 1 unspecified atom stereocenters. The van der Waals surface area contributed by atoms with Crippen molar-refractivity contribution in [2.75, 3.05) is 11.4 Å². The summed E-state index contributed by atoms with van der Waals surface area (Å²) < 4.78 is 13.7. The molecule has 0 aromatic heterocycles. The summed E-state index contributed by atoms with van der Waals surface area (Å²) in [4.78, 5) is 15.4. The molecule has 0 saturated carbocycles. The van der Waals surface area contributed by atoms with Gasteiger partial charge in [0.1, 0.15) is 11.9 Å². The third-order valence-electron chi connectivity index (χ3n) is 3.29. The number of para-hydroxylation sites is 1. The first kappa shape index (κ1) is 10.7. The van der Waals surface area contributed by atoms with E-state index < -0.39 is 5.82 Å². The highest BCUT2D eigenvalue weighted by atomic mass is 32.1. The van der Waals surface area contributed by atoms with Crippen LogP contribution in [0.2, 0.25) is 0 Å². The number of hydrogen-bond acceptors (Lipinski definition) is 2. The largest absolute Gasteiger partial charge is 0.336 e. The second-order valence-electron chi connectivity index (χ2n) is 4.26. The second-order valence-corrected chi connectivity index (χ2v) is 4.62. The van der Waals surface area contributed by atoms with Gasteiger partial charge in [-0.3, -0.25) is 9.69 Å². The van der Waals surface area contributed by atoms with Crippen LogP contribution in [0.25, 0.3) is 0 Å². The number of hydrogen-bond donors (Lipinski definition) is 0. The molecule has 1 atom stereocenters. The maximum Gasteiger partial charge on any atom is 0.256 e. The Balaban J connectivity index is 2.03. The van der Waals surface area contributed by atoms with E-state index in [2.05, 4.69) is 0 Å². The average Bonchev–Trinajstić information content (AvgIpc) is 2.87. The predicted molar refractivity (Wildman–Crippen MR) is 66.2 cm³/mol. The maximum atomic E-state index is 13.7. The quantitative estimate of drug-likeness (QED) is 0.711. The van der Waals surface area contributed by atoms with Gasteiger partial charge in [0.2, 0.25) is 0 Å². The number of carbonyl (C=O) groups excluding carboxylic acids is 1. The van der Waals surface area contributed by atoms with Gasteiger partial charge in [-0.1, -0.05) is 12.1 Å². The van der Waals surface area contributed by atoms with E-state index in [1.165, 1.54) is 11.0 Å². The summed E-state index contributed by atoms with van der Waals surface area (Å²) in [7, 11) is 0. The number of amides is 1. The van der Waals surface area contributed by atoms with E-state index in [4.69, 9.17) is 12.2 Å². The van der Waals surface area contributed by atoms with E-state index in [-0.39, 0.29) is 17.6 Å². The fourth-order valence-electron chi connectivity index (χ4n) is 2.48. The third-order valence-corrected chi connectivity index (χ3v) is 3.71. The molecule has 2 fully saturated rings. The fourth-order valence-corrected chi connectivity index (χ4v) is 2.89. The standard InChI is InChI=1S/C12H11FN2OS/c13-8-4-1-2-5-9(8)15-11(16)10-6-3-7-14(10)12(15)17/h1-2,4-5,10H,3,6-7H2. The zero-order chi connectivity index (χ0) is 12.0. The molecular formula is C12H11FN2OS. The number of nitrogens with zero attached hydrogens (tertiary/aromatic N) is 2. The van der Waals surface area contributed by atoms with Crippen molar-refractivity contribution in [2.45, 2.75) is 18.9 Å². The van der Waals surface area contributed by atoms with Crippen LogP contribution >= 0.6 is 12.2 Å². The predicted octanol–water partition coefficient (Wildman–Crippen LogP) is 1.92. The van der Waals surface area contributed by atoms with Crippen molar-refractivity contribution in [3.8, 4) is 0 Å². The number of thiocarbonyl (C=S) groups is 1. The maximum absolute atomic E-state index is 13.7. The molecule has 1 aromatic carbocycles. The van der Waals surface area contributed by atoms with E-state index >= 15 is 0 Å². The van der Waals surface area contributed by atoms with Crippen molar-refractivity contribution in [1.29, 1.82) is 0 Å². The lowest BCUT2D eigenvalue weighted by molar-refractivity contribution is -0.119. The van der Waals surface area contributed by atoms with Crippen molar-refractivity contribution in [3.63, 3.8) is 0 Å². The Morgan fingerprint density at radius 3 is 2.82 bits per heavy atom. The van der Waals surface area contributed by atoms with Crippen molar-refractivity contribution < 1.29 is 9.18 Å². The molecule has 17 heavy (non-hydrogen) atoms. The molecule has 2 saturated heterocycles. The number of benzene rings is 1. The Morgan fingerprint density at radius 1 is 1.35 bits per heavy atom. The number of carbonyl (C=O) groups is 1. The third kappa shape index (κ3) is 1.45. The highest BCUT2D eigenvalue weighted by molar-refractivity contribution is 7.80. The molecule has 5 heteroatoms. The molecule has 88 valence electrons. The van der Waals surface area contributed by atoms with Gasteiger partial charge in [0.15, 0.2) is 5.11 Å². The molecule has 0 radical (unpaired) electrons. The average molecular weight is 250 g/mol. The normalized spacial score (nSPS) is 23.5. The summed E-state index contributed by atoms with van der Waals surface area (Å²) in [5.41, 5.74) is 0.261. The van der Waals surface area contributed by atoms with Gasteiger partial charge in [-0.15, -0.1) is 0 Å². The smallest absolute Gasteiger partial charge is 0.256 e. The summed E-state index contributed by atoms with van der Waals surface area (Å²) in [6, 6.07) is 6.06. The number of halogens is 1. The van der Waals surface area contributed by atoms with Crippen LogP contribution in [0.3, 0.4) is 0 Å². The van der Waals surface area contributed by atoms with Crippen LogP contribution < -0.4 is 4.90 Å². The van der Waals surface area contributed by atoms with Gasteiger partial charge >= 0.3 is 0 Å². The molecule has 3 rings (SSSR count). The van der Waals surface area contributed by atoms with Crippen molar-refractivity contribution >= 4 is 28.9 Å². The van der Waals surface area contributed by atoms with Crippen LogP contribution in [0, 0.1) is 5.82 Å². The molecule has 0 N–H and O–H groups in total. The van der Waals surface area contributed by atoms with Crippen molar-refractivity contribution in [3.05, 3.63) is 30.1 Å². The van der Waals surface area contributed by atoms with Crippen molar-refractivity contribution in [1.82, 2.24) is 4.90 Å². The lowest BCUT2D eigenvalue weighted by atomic mass is 10.2. The van der Waals surface area contributed by atoms with Crippen LogP contribution in [0.15, 0.2) is 24.3 Å². The molecule has 2 aliphatic heterocycles. The van der Waals surface area contributed by atoms with Gasteiger partial charge in [0.25, 0.3) is 5.91 Å². The fraction of sp³-hybridized carbons (Fsp3) is 0.333. The number of rotatable bonds is 1. The van der Waals surface area contributed by atoms with Crippen LogP contribution in [0.4, 0.5) is 10.1 Å². The van der Waals surface area contributed by atoms with Crippen molar-refractivity contribution in [2.24, 2.45) is 0 Å².